The van der Waals surface area contributed by atoms with Crippen molar-refractivity contribution in [3.05, 3.63) is 48.5 Å². The number of phenols is 2. The summed E-state index contributed by atoms with van der Waals surface area (Å²) < 4.78 is 0. The van der Waals surface area contributed by atoms with Crippen LogP contribution in [-0.2, 0) is 0 Å². The van der Waals surface area contributed by atoms with Crippen molar-refractivity contribution in [2.24, 2.45) is 0 Å². The third kappa shape index (κ3) is 3.55. The molecule has 0 aliphatic rings. The van der Waals surface area contributed by atoms with Crippen molar-refractivity contribution in [1.29, 1.82) is 0 Å². The van der Waals surface area contributed by atoms with Crippen molar-refractivity contribution in [2.75, 3.05) is 0 Å². The topological polar surface area (TPSA) is 40.5 Å². The average Bonchev–Trinajstić information content (AvgIpc) is 2.21. The molecule has 0 atom stereocenters. The molecule has 0 heterocycles. The Kier molecular flexibility index (Phi) is 5.25. The van der Waals surface area contributed by atoms with Gasteiger partial charge >= 0.3 is 0 Å². The van der Waals surface area contributed by atoms with Gasteiger partial charge < -0.3 is 10.2 Å². The van der Waals surface area contributed by atoms with Gasteiger partial charge in [0.05, 0.1) is 0 Å². The van der Waals surface area contributed by atoms with Crippen LogP contribution in [0.4, 0.5) is 0 Å². The van der Waals surface area contributed by atoms with Gasteiger partial charge in [-0.15, -0.1) is 0 Å². The predicted molar refractivity (Wildman–Crippen MR) is 61.0 cm³/mol. The first-order chi connectivity index (χ1) is 6.75. The van der Waals surface area contributed by atoms with Crippen molar-refractivity contribution < 1.29 is 10.2 Å². The van der Waals surface area contributed by atoms with Crippen LogP contribution >= 0.6 is 0 Å². The molecule has 0 saturated carbocycles. The molecule has 0 bridgehead atoms. The SMILES string of the molecule is Oc1ccc(-c2ccc(O)cc2)cc1.[Cs]. The summed E-state index contributed by atoms with van der Waals surface area (Å²) in [6.45, 7) is 0. The van der Waals surface area contributed by atoms with Crippen LogP contribution in [0.2, 0.25) is 0 Å². The molecule has 2 N–H and O–H groups in total. The van der Waals surface area contributed by atoms with Crippen molar-refractivity contribution >= 4 is 68.9 Å². The molecule has 2 nitrogen and oxygen atoms in total. The normalized spacial score (nSPS) is 9.33. The van der Waals surface area contributed by atoms with Crippen LogP contribution in [0.1, 0.15) is 0 Å². The fourth-order valence-corrected chi connectivity index (χ4v) is 1.31. The summed E-state index contributed by atoms with van der Waals surface area (Å²) in [5.74, 6) is 0.514. The van der Waals surface area contributed by atoms with Crippen LogP contribution in [0.15, 0.2) is 48.5 Å². The monoisotopic (exact) mass is 319 g/mol. The summed E-state index contributed by atoms with van der Waals surface area (Å²) in [7, 11) is 0. The van der Waals surface area contributed by atoms with Crippen LogP contribution in [-0.4, -0.2) is 79.1 Å². The van der Waals surface area contributed by atoms with Gasteiger partial charge in [-0.3, -0.25) is 0 Å². The first-order valence-corrected chi connectivity index (χ1v) is 4.34. The van der Waals surface area contributed by atoms with Gasteiger partial charge in [-0.05, 0) is 35.4 Å². The Bertz CT molecular complexity index is 377. The van der Waals surface area contributed by atoms with E-state index in [4.69, 9.17) is 10.2 Å². The minimum Gasteiger partial charge on any atom is -0.508 e. The molecule has 3 heteroatoms. The molecule has 2 rings (SSSR count). The number of hydrogen-bond donors (Lipinski definition) is 2. The molecule has 2 aromatic carbocycles. The smallest absolute Gasteiger partial charge is 0.115 e. The van der Waals surface area contributed by atoms with Crippen LogP contribution in [0.25, 0.3) is 11.1 Å². The summed E-state index contributed by atoms with van der Waals surface area (Å²) in [6, 6.07) is 13.9. The molecule has 15 heavy (non-hydrogen) atoms. The van der Waals surface area contributed by atoms with Crippen molar-refractivity contribution in [2.45, 2.75) is 0 Å². The van der Waals surface area contributed by atoms with Gasteiger partial charge in [-0.1, -0.05) is 24.3 Å². The summed E-state index contributed by atoms with van der Waals surface area (Å²) in [5, 5.41) is 18.2. The standard InChI is InChI=1S/C12H10O2.Cs/c13-11-5-1-9(2-6-11)10-3-7-12(14)8-4-10;/h1-8,13-14H;. The zero-order chi connectivity index (χ0) is 9.97. The molecule has 0 amide bonds. The summed E-state index contributed by atoms with van der Waals surface area (Å²) in [4.78, 5) is 0. The Hall–Kier alpha value is 0.0919. The van der Waals surface area contributed by atoms with Gasteiger partial charge in [0.15, 0.2) is 0 Å². The first kappa shape index (κ1) is 13.2. The zero-order valence-electron chi connectivity index (χ0n) is 8.51. The molecule has 2 aromatic rings. The molecular formula is C12H10CsO2. The minimum atomic E-state index is 0. The number of hydrogen-bond acceptors (Lipinski definition) is 2. The Morgan fingerprint density at radius 2 is 0.800 bits per heavy atom. The summed E-state index contributed by atoms with van der Waals surface area (Å²) in [6.07, 6.45) is 0. The van der Waals surface area contributed by atoms with Crippen LogP contribution in [0.3, 0.4) is 0 Å². The molecule has 0 aromatic heterocycles. The largest absolute Gasteiger partial charge is 0.508 e. The van der Waals surface area contributed by atoms with E-state index in [0.29, 0.717) is 0 Å². The van der Waals surface area contributed by atoms with Crippen molar-refractivity contribution in [3.63, 3.8) is 0 Å². The van der Waals surface area contributed by atoms with E-state index in [2.05, 4.69) is 0 Å². The van der Waals surface area contributed by atoms with Gasteiger partial charge in [0.25, 0.3) is 0 Å². The maximum absolute atomic E-state index is 9.11. The molecular weight excluding hydrogens is 309 g/mol. The van der Waals surface area contributed by atoms with E-state index >= 15 is 0 Å². The van der Waals surface area contributed by atoms with E-state index in [-0.39, 0.29) is 80.4 Å². The molecule has 1 radical (unpaired) electrons. The van der Waals surface area contributed by atoms with E-state index in [0.717, 1.165) is 11.1 Å². The maximum atomic E-state index is 9.11. The number of phenolic OH excluding ortho intramolecular Hbond substituents is 2. The van der Waals surface area contributed by atoms with Gasteiger partial charge in [0.1, 0.15) is 11.5 Å². The van der Waals surface area contributed by atoms with Crippen LogP contribution < -0.4 is 0 Å². The average molecular weight is 319 g/mol. The molecule has 0 unspecified atom stereocenters. The maximum Gasteiger partial charge on any atom is 0.115 e. The molecule has 0 aliphatic heterocycles. The van der Waals surface area contributed by atoms with Crippen molar-refractivity contribution in [3.8, 4) is 22.6 Å². The Balaban J connectivity index is 0.00000112. The quantitative estimate of drug-likeness (QED) is 0.847. The van der Waals surface area contributed by atoms with E-state index in [1.54, 1.807) is 24.3 Å². The van der Waals surface area contributed by atoms with Gasteiger partial charge in [0, 0.05) is 68.9 Å². The fourth-order valence-electron chi connectivity index (χ4n) is 1.31. The number of rotatable bonds is 1. The van der Waals surface area contributed by atoms with E-state index in [1.165, 1.54) is 0 Å². The molecule has 0 fully saturated rings. The van der Waals surface area contributed by atoms with E-state index < -0.39 is 0 Å². The Morgan fingerprint density at radius 3 is 1.07 bits per heavy atom. The van der Waals surface area contributed by atoms with Gasteiger partial charge in [-0.2, -0.15) is 0 Å². The first-order valence-electron chi connectivity index (χ1n) is 4.34. The molecule has 71 valence electrons. The fraction of sp³-hybridized carbons (Fsp3) is 0. The molecule has 0 saturated heterocycles. The van der Waals surface area contributed by atoms with Crippen LogP contribution in [0, 0.1) is 0 Å². The molecule has 0 spiro atoms. The predicted octanol–water partition coefficient (Wildman–Crippen LogP) is 2.38. The second kappa shape index (κ2) is 5.98. The summed E-state index contributed by atoms with van der Waals surface area (Å²) >= 11 is 0. The molecule has 0 aliphatic carbocycles. The minimum absolute atomic E-state index is 0. The van der Waals surface area contributed by atoms with Crippen LogP contribution in [0.5, 0.6) is 11.5 Å². The second-order valence-electron chi connectivity index (χ2n) is 3.09. The van der Waals surface area contributed by atoms with E-state index in [1.807, 2.05) is 24.3 Å². The third-order valence-electron chi connectivity index (χ3n) is 2.07. The van der Waals surface area contributed by atoms with Gasteiger partial charge in [0.2, 0.25) is 0 Å². The number of aromatic hydroxyl groups is 2. The third-order valence-corrected chi connectivity index (χ3v) is 2.07. The Labute approximate surface area is 147 Å². The zero-order valence-corrected chi connectivity index (χ0v) is 14.8. The van der Waals surface area contributed by atoms with E-state index in [9.17, 15) is 0 Å². The number of benzene rings is 2. The van der Waals surface area contributed by atoms with Crippen molar-refractivity contribution in [1.82, 2.24) is 0 Å². The Morgan fingerprint density at radius 1 is 0.533 bits per heavy atom. The second-order valence-corrected chi connectivity index (χ2v) is 3.09. The van der Waals surface area contributed by atoms with Gasteiger partial charge in [-0.25, -0.2) is 0 Å². The summed E-state index contributed by atoms with van der Waals surface area (Å²) in [5.41, 5.74) is 2.03.